The summed E-state index contributed by atoms with van der Waals surface area (Å²) in [5.74, 6) is -0.315. The Morgan fingerprint density at radius 1 is 1.15 bits per heavy atom. The summed E-state index contributed by atoms with van der Waals surface area (Å²) in [5, 5.41) is 17.4. The van der Waals surface area contributed by atoms with Crippen LogP contribution >= 0.6 is 0 Å². The Kier molecular flexibility index (Phi) is 8.43. The minimum Gasteiger partial charge on any atom is -0.488 e. The molecule has 0 radical (unpaired) electrons. The van der Waals surface area contributed by atoms with Crippen LogP contribution in [0.25, 0.3) is 10.8 Å². The number of urea groups is 1. The van der Waals surface area contributed by atoms with Crippen molar-refractivity contribution in [3.63, 3.8) is 0 Å². The fourth-order valence-corrected chi connectivity index (χ4v) is 4.94. The second-order valence-electron chi connectivity index (χ2n) is 9.98. The van der Waals surface area contributed by atoms with E-state index in [0.717, 1.165) is 17.0 Å². The number of aliphatic hydroxyl groups excluding tert-OH is 1. The fraction of sp³-hybridized carbons (Fsp3) is 0.357. The molecule has 39 heavy (non-hydrogen) atoms. The van der Waals surface area contributed by atoms with Crippen molar-refractivity contribution in [1.29, 1.82) is 0 Å². The maximum absolute atomic E-state index is 13.6. The summed E-state index contributed by atoms with van der Waals surface area (Å²) in [7, 11) is -1.97. The van der Waals surface area contributed by atoms with Crippen LogP contribution in [0.5, 0.6) is 5.75 Å². The number of nitrogens with one attached hydrogen (secondary N) is 2. The van der Waals surface area contributed by atoms with Gasteiger partial charge >= 0.3 is 6.03 Å². The molecule has 0 aromatic heterocycles. The maximum atomic E-state index is 13.6. The number of likely N-dealkylation sites (N-methyl/N-ethyl adjacent to an activating group) is 1. The number of carbonyl (C=O) groups is 2. The minimum atomic E-state index is -3.45. The van der Waals surface area contributed by atoms with Crippen LogP contribution in [0.3, 0.4) is 0 Å². The van der Waals surface area contributed by atoms with Crippen molar-refractivity contribution in [3.8, 4) is 5.75 Å². The van der Waals surface area contributed by atoms with E-state index in [9.17, 15) is 23.1 Å². The summed E-state index contributed by atoms with van der Waals surface area (Å²) in [6.07, 6.45) is 0.567. The lowest BCUT2D eigenvalue weighted by Crippen LogP contribution is -2.50. The summed E-state index contributed by atoms with van der Waals surface area (Å²) in [5.41, 5.74) is 1.22. The molecule has 11 heteroatoms. The van der Waals surface area contributed by atoms with Crippen molar-refractivity contribution in [2.24, 2.45) is 5.92 Å². The smallest absolute Gasteiger partial charge is 0.323 e. The van der Waals surface area contributed by atoms with Gasteiger partial charge in [0.15, 0.2) is 0 Å². The molecule has 0 unspecified atom stereocenters. The number of carbonyl (C=O) groups excluding carboxylic acids is 2. The van der Waals surface area contributed by atoms with Crippen LogP contribution in [-0.2, 0) is 10.0 Å². The molecule has 0 bridgehead atoms. The highest BCUT2D eigenvalue weighted by Gasteiger charge is 2.34. The molecule has 0 saturated heterocycles. The van der Waals surface area contributed by atoms with Crippen molar-refractivity contribution >= 4 is 44.1 Å². The largest absolute Gasteiger partial charge is 0.488 e. The average Bonchev–Trinajstić information content (AvgIpc) is 2.90. The SMILES string of the molecule is C[C@@H]1CN([C@H](C)CO)C(=O)c2cc(NC(=O)Nc3cccc4ccccc34)ccc2O[C@H]1CN(C)S(C)(=O)=O. The van der Waals surface area contributed by atoms with Gasteiger partial charge in [-0.1, -0.05) is 43.3 Å². The number of aliphatic hydroxyl groups is 1. The summed E-state index contributed by atoms with van der Waals surface area (Å²) in [4.78, 5) is 28.0. The summed E-state index contributed by atoms with van der Waals surface area (Å²) < 4.78 is 31.5. The van der Waals surface area contributed by atoms with E-state index in [-0.39, 0.29) is 42.8 Å². The van der Waals surface area contributed by atoms with Crippen LogP contribution in [0.15, 0.2) is 60.7 Å². The minimum absolute atomic E-state index is 0.0857. The first-order valence-corrected chi connectivity index (χ1v) is 14.5. The third-order valence-corrected chi connectivity index (χ3v) is 8.25. The second-order valence-corrected chi connectivity index (χ2v) is 12.1. The summed E-state index contributed by atoms with van der Waals surface area (Å²) in [6.45, 7) is 3.71. The molecule has 3 amide bonds. The highest BCUT2D eigenvalue weighted by Crippen LogP contribution is 2.31. The topological polar surface area (TPSA) is 128 Å². The first-order valence-electron chi connectivity index (χ1n) is 12.7. The lowest BCUT2D eigenvalue weighted by atomic mass is 9.99. The van der Waals surface area contributed by atoms with E-state index < -0.39 is 28.2 Å². The van der Waals surface area contributed by atoms with Gasteiger partial charge in [0.25, 0.3) is 5.91 Å². The van der Waals surface area contributed by atoms with E-state index >= 15 is 0 Å². The van der Waals surface area contributed by atoms with Crippen molar-refractivity contribution in [1.82, 2.24) is 9.21 Å². The van der Waals surface area contributed by atoms with Gasteiger partial charge in [0.05, 0.1) is 36.7 Å². The first kappa shape index (κ1) is 28.3. The van der Waals surface area contributed by atoms with Gasteiger partial charge < -0.3 is 25.4 Å². The Hall–Kier alpha value is -3.67. The zero-order chi connectivity index (χ0) is 28.3. The van der Waals surface area contributed by atoms with Crippen LogP contribution in [0.2, 0.25) is 0 Å². The Labute approximate surface area is 228 Å². The van der Waals surface area contributed by atoms with Crippen LogP contribution < -0.4 is 15.4 Å². The number of anilines is 2. The lowest BCUT2D eigenvalue weighted by Gasteiger charge is -2.38. The van der Waals surface area contributed by atoms with Gasteiger partial charge in [0.2, 0.25) is 10.0 Å². The van der Waals surface area contributed by atoms with Gasteiger partial charge in [-0.2, -0.15) is 0 Å². The van der Waals surface area contributed by atoms with Crippen molar-refractivity contribution in [2.45, 2.75) is 26.0 Å². The molecule has 3 aromatic rings. The van der Waals surface area contributed by atoms with Gasteiger partial charge in [-0.3, -0.25) is 4.79 Å². The average molecular weight is 555 g/mol. The molecule has 1 aliphatic heterocycles. The Morgan fingerprint density at radius 3 is 2.59 bits per heavy atom. The highest BCUT2D eigenvalue weighted by molar-refractivity contribution is 7.88. The quantitative estimate of drug-likeness (QED) is 0.410. The van der Waals surface area contributed by atoms with Crippen LogP contribution in [0.1, 0.15) is 24.2 Å². The predicted molar refractivity (Wildman–Crippen MR) is 152 cm³/mol. The molecule has 1 heterocycles. The van der Waals surface area contributed by atoms with E-state index in [1.807, 2.05) is 49.4 Å². The number of sulfonamides is 1. The van der Waals surface area contributed by atoms with Crippen LogP contribution in [0, 0.1) is 5.92 Å². The zero-order valence-electron chi connectivity index (χ0n) is 22.4. The number of amides is 3. The molecule has 10 nitrogen and oxygen atoms in total. The second kappa shape index (κ2) is 11.6. The molecule has 3 N–H and O–H groups in total. The molecule has 0 spiro atoms. The number of fused-ring (bicyclic) bond motifs is 2. The van der Waals surface area contributed by atoms with Crippen molar-refractivity contribution in [2.75, 3.05) is 43.6 Å². The standard InChI is InChI=1S/C28H34N4O6S/c1-18-15-32(19(2)17-33)27(34)23-14-21(12-13-25(23)38-26(18)16-31(3)39(4,36)37)29-28(35)30-24-11-7-9-20-8-5-6-10-22(20)24/h5-14,18-19,26,33H,15-17H2,1-4H3,(H2,29,30,35)/t18-,19-,26+/m1/s1. The third kappa shape index (κ3) is 6.49. The maximum Gasteiger partial charge on any atom is 0.323 e. The number of benzene rings is 3. The molecular weight excluding hydrogens is 520 g/mol. The van der Waals surface area contributed by atoms with Gasteiger partial charge in [0, 0.05) is 30.6 Å². The molecule has 0 aliphatic carbocycles. The summed E-state index contributed by atoms with van der Waals surface area (Å²) >= 11 is 0. The number of rotatable bonds is 7. The van der Waals surface area contributed by atoms with Gasteiger partial charge in [-0.15, -0.1) is 0 Å². The van der Waals surface area contributed by atoms with E-state index in [0.29, 0.717) is 11.4 Å². The molecule has 1 aliphatic rings. The van der Waals surface area contributed by atoms with E-state index in [2.05, 4.69) is 10.6 Å². The number of ether oxygens (including phenoxy) is 1. The van der Waals surface area contributed by atoms with E-state index in [1.54, 1.807) is 24.0 Å². The fourth-order valence-electron chi connectivity index (χ4n) is 4.53. The normalized spacial score (nSPS) is 18.6. The molecule has 3 aromatic carbocycles. The van der Waals surface area contributed by atoms with E-state index in [1.165, 1.54) is 17.4 Å². The first-order chi connectivity index (χ1) is 18.5. The monoisotopic (exact) mass is 554 g/mol. The molecule has 0 saturated carbocycles. The molecule has 3 atom stereocenters. The van der Waals surface area contributed by atoms with Gasteiger partial charge in [0.1, 0.15) is 11.9 Å². The molecule has 0 fully saturated rings. The Bertz CT molecular complexity index is 1470. The number of hydrogen-bond acceptors (Lipinski definition) is 6. The van der Waals surface area contributed by atoms with E-state index in [4.69, 9.17) is 4.74 Å². The van der Waals surface area contributed by atoms with Gasteiger partial charge in [-0.05, 0) is 36.6 Å². The van der Waals surface area contributed by atoms with Gasteiger partial charge in [-0.25, -0.2) is 17.5 Å². The van der Waals surface area contributed by atoms with Crippen molar-refractivity contribution in [3.05, 3.63) is 66.2 Å². The zero-order valence-corrected chi connectivity index (χ0v) is 23.2. The number of hydrogen-bond donors (Lipinski definition) is 3. The van der Waals surface area contributed by atoms with Crippen LogP contribution in [0.4, 0.5) is 16.2 Å². The molecule has 208 valence electrons. The Morgan fingerprint density at radius 2 is 1.87 bits per heavy atom. The highest BCUT2D eigenvalue weighted by atomic mass is 32.2. The van der Waals surface area contributed by atoms with Crippen molar-refractivity contribution < 1.29 is 27.9 Å². The predicted octanol–water partition coefficient (Wildman–Crippen LogP) is 3.60. The van der Waals surface area contributed by atoms with Crippen LogP contribution in [-0.4, -0.2) is 79.8 Å². The Balaban J connectivity index is 1.62. The third-order valence-electron chi connectivity index (χ3n) is 6.96. The molecule has 4 rings (SSSR count). The lowest BCUT2D eigenvalue weighted by molar-refractivity contribution is 0.0387. The number of nitrogens with zero attached hydrogens (tertiary/aromatic N) is 2. The summed E-state index contributed by atoms with van der Waals surface area (Å²) in [6, 6.07) is 17.1. The molecular formula is C28H34N4O6S.